The van der Waals surface area contributed by atoms with Gasteiger partial charge >= 0.3 is 0 Å². The summed E-state index contributed by atoms with van der Waals surface area (Å²) in [5.74, 6) is -0.118. The van der Waals surface area contributed by atoms with Crippen LogP contribution in [0.15, 0.2) is 24.3 Å². The average Bonchev–Trinajstić information content (AvgIpc) is 2.39. The summed E-state index contributed by atoms with van der Waals surface area (Å²) in [7, 11) is 0. The Kier molecular flexibility index (Phi) is 5.65. The molecule has 5 heteroatoms. The van der Waals surface area contributed by atoms with E-state index in [4.69, 9.17) is 11.6 Å². The lowest BCUT2D eigenvalue weighted by atomic mass is 10.1. The maximum Gasteiger partial charge on any atom is 0.251 e. The number of benzene rings is 1. The molecule has 18 heavy (non-hydrogen) atoms. The van der Waals surface area contributed by atoms with E-state index in [9.17, 15) is 9.59 Å². The molecule has 0 fully saturated rings. The zero-order valence-corrected chi connectivity index (χ0v) is 11.3. The highest BCUT2D eigenvalue weighted by atomic mass is 35.5. The number of alkyl halides is 1. The predicted octanol–water partition coefficient (Wildman–Crippen LogP) is 1.68. The minimum Gasteiger partial charge on any atom is -0.355 e. The summed E-state index contributed by atoms with van der Waals surface area (Å²) < 4.78 is 0. The number of halogens is 1. The molecule has 1 rings (SSSR count). The van der Waals surface area contributed by atoms with Gasteiger partial charge in [-0.2, -0.15) is 0 Å². The minimum atomic E-state index is -0.558. The molecule has 0 spiro atoms. The van der Waals surface area contributed by atoms with Gasteiger partial charge in [0, 0.05) is 18.0 Å². The number of carbonyl (C=O) groups is 2. The lowest BCUT2D eigenvalue weighted by Crippen LogP contribution is -2.44. The maximum atomic E-state index is 11.9. The highest BCUT2D eigenvalue weighted by Gasteiger charge is 2.15. The molecular formula is C13H17ClN2O2. The Hall–Kier alpha value is -1.55. The molecular weight excluding hydrogens is 252 g/mol. The van der Waals surface area contributed by atoms with Crippen molar-refractivity contribution in [1.82, 2.24) is 10.6 Å². The molecule has 0 aliphatic rings. The monoisotopic (exact) mass is 268 g/mol. The van der Waals surface area contributed by atoms with Crippen molar-refractivity contribution >= 4 is 23.4 Å². The third-order valence-electron chi connectivity index (χ3n) is 2.44. The molecule has 0 heterocycles. The molecule has 1 atom stereocenters. The van der Waals surface area contributed by atoms with E-state index >= 15 is 0 Å². The van der Waals surface area contributed by atoms with Crippen molar-refractivity contribution in [1.29, 1.82) is 0 Å². The molecule has 0 bridgehead atoms. The van der Waals surface area contributed by atoms with Crippen LogP contribution in [0.25, 0.3) is 0 Å². The van der Waals surface area contributed by atoms with Crippen molar-refractivity contribution in [2.75, 3.05) is 6.54 Å². The molecule has 98 valence electrons. The Morgan fingerprint density at radius 1 is 1.39 bits per heavy atom. The Balaban J connectivity index is 2.67. The number of likely N-dealkylation sites (N-methyl/N-ethyl adjacent to an activating group) is 1. The molecule has 0 aromatic heterocycles. The van der Waals surface area contributed by atoms with Gasteiger partial charge in [0.05, 0.1) is 0 Å². The van der Waals surface area contributed by atoms with E-state index in [0.717, 1.165) is 5.56 Å². The molecule has 0 radical (unpaired) electrons. The number of rotatable bonds is 5. The van der Waals surface area contributed by atoms with Crippen LogP contribution in [0.2, 0.25) is 0 Å². The number of nitrogens with one attached hydrogen (secondary N) is 2. The van der Waals surface area contributed by atoms with Crippen LogP contribution < -0.4 is 10.6 Å². The standard InChI is InChI=1S/C13H17ClN2O2/c1-3-15-12(17)9(2)16-13(18)11-6-4-5-10(7-11)8-14/h4-7,9H,3,8H2,1-2H3,(H,15,17)(H,16,18). The zero-order chi connectivity index (χ0) is 13.5. The highest BCUT2D eigenvalue weighted by molar-refractivity contribution is 6.17. The second-order valence-corrected chi connectivity index (χ2v) is 4.19. The van der Waals surface area contributed by atoms with E-state index in [2.05, 4.69) is 10.6 Å². The number of hydrogen-bond donors (Lipinski definition) is 2. The Labute approximate surface area is 112 Å². The van der Waals surface area contributed by atoms with Crippen molar-refractivity contribution in [2.45, 2.75) is 25.8 Å². The second-order valence-electron chi connectivity index (χ2n) is 3.92. The summed E-state index contributed by atoms with van der Waals surface area (Å²) in [5.41, 5.74) is 1.37. The quantitative estimate of drug-likeness (QED) is 0.799. The summed E-state index contributed by atoms with van der Waals surface area (Å²) in [6.07, 6.45) is 0. The van der Waals surface area contributed by atoms with Crippen molar-refractivity contribution < 1.29 is 9.59 Å². The molecule has 0 aliphatic heterocycles. The topological polar surface area (TPSA) is 58.2 Å². The van der Waals surface area contributed by atoms with Gasteiger partial charge in [-0.1, -0.05) is 12.1 Å². The summed E-state index contributed by atoms with van der Waals surface area (Å²) in [6, 6.07) is 6.46. The van der Waals surface area contributed by atoms with Crippen LogP contribution in [0.1, 0.15) is 29.8 Å². The largest absolute Gasteiger partial charge is 0.355 e. The van der Waals surface area contributed by atoms with Gasteiger partial charge < -0.3 is 10.6 Å². The molecule has 0 aliphatic carbocycles. The number of carbonyl (C=O) groups excluding carboxylic acids is 2. The van der Waals surface area contributed by atoms with E-state index in [1.54, 1.807) is 25.1 Å². The van der Waals surface area contributed by atoms with Crippen molar-refractivity contribution in [3.63, 3.8) is 0 Å². The van der Waals surface area contributed by atoms with Gasteiger partial charge in [0.2, 0.25) is 5.91 Å². The Bertz CT molecular complexity index is 435. The van der Waals surface area contributed by atoms with Gasteiger partial charge in [0.1, 0.15) is 6.04 Å². The molecule has 2 amide bonds. The summed E-state index contributed by atoms with van der Waals surface area (Å²) in [6.45, 7) is 4.02. The van der Waals surface area contributed by atoms with Gasteiger partial charge in [-0.15, -0.1) is 11.6 Å². The first-order valence-electron chi connectivity index (χ1n) is 5.82. The Morgan fingerprint density at radius 2 is 2.11 bits per heavy atom. The fourth-order valence-electron chi connectivity index (χ4n) is 1.47. The van der Waals surface area contributed by atoms with E-state index < -0.39 is 6.04 Å². The molecule has 4 nitrogen and oxygen atoms in total. The van der Waals surface area contributed by atoms with Gasteiger partial charge in [-0.3, -0.25) is 9.59 Å². The lowest BCUT2D eigenvalue weighted by molar-refractivity contribution is -0.122. The third-order valence-corrected chi connectivity index (χ3v) is 2.74. The van der Waals surface area contributed by atoms with Crippen LogP contribution in [0, 0.1) is 0 Å². The van der Waals surface area contributed by atoms with Crippen molar-refractivity contribution in [2.24, 2.45) is 0 Å². The molecule has 1 aromatic rings. The minimum absolute atomic E-state index is 0.195. The highest BCUT2D eigenvalue weighted by Crippen LogP contribution is 2.08. The normalized spacial score (nSPS) is 11.7. The van der Waals surface area contributed by atoms with Gasteiger partial charge in [0.25, 0.3) is 5.91 Å². The van der Waals surface area contributed by atoms with Gasteiger partial charge in [-0.05, 0) is 31.5 Å². The summed E-state index contributed by atoms with van der Waals surface area (Å²) >= 11 is 5.71. The number of hydrogen-bond acceptors (Lipinski definition) is 2. The van der Waals surface area contributed by atoms with Gasteiger partial charge in [0.15, 0.2) is 0 Å². The van der Waals surface area contributed by atoms with E-state index in [0.29, 0.717) is 18.0 Å². The fraction of sp³-hybridized carbons (Fsp3) is 0.385. The molecule has 0 saturated heterocycles. The van der Waals surface area contributed by atoms with Crippen molar-refractivity contribution in [3.05, 3.63) is 35.4 Å². The molecule has 0 saturated carbocycles. The zero-order valence-electron chi connectivity index (χ0n) is 10.5. The van der Waals surface area contributed by atoms with Crippen LogP contribution in [0.4, 0.5) is 0 Å². The van der Waals surface area contributed by atoms with Crippen LogP contribution in [0.3, 0.4) is 0 Å². The lowest BCUT2D eigenvalue weighted by Gasteiger charge is -2.13. The fourth-order valence-corrected chi connectivity index (χ4v) is 1.63. The smallest absolute Gasteiger partial charge is 0.251 e. The first-order chi connectivity index (χ1) is 8.58. The van der Waals surface area contributed by atoms with Crippen LogP contribution >= 0.6 is 11.6 Å². The summed E-state index contributed by atoms with van der Waals surface area (Å²) in [4.78, 5) is 23.4. The molecule has 2 N–H and O–H groups in total. The maximum absolute atomic E-state index is 11.9. The van der Waals surface area contributed by atoms with Crippen LogP contribution in [-0.2, 0) is 10.7 Å². The molecule has 1 unspecified atom stereocenters. The van der Waals surface area contributed by atoms with Crippen LogP contribution in [0.5, 0.6) is 0 Å². The van der Waals surface area contributed by atoms with Crippen molar-refractivity contribution in [3.8, 4) is 0 Å². The molecule has 1 aromatic carbocycles. The predicted molar refractivity (Wildman–Crippen MR) is 71.6 cm³/mol. The SMILES string of the molecule is CCNC(=O)C(C)NC(=O)c1cccc(CCl)c1. The summed E-state index contributed by atoms with van der Waals surface area (Å²) in [5, 5.41) is 5.29. The first kappa shape index (κ1) is 14.5. The second kappa shape index (κ2) is 7.01. The van der Waals surface area contributed by atoms with E-state index in [-0.39, 0.29) is 11.8 Å². The first-order valence-corrected chi connectivity index (χ1v) is 6.35. The van der Waals surface area contributed by atoms with Gasteiger partial charge in [-0.25, -0.2) is 0 Å². The third kappa shape index (κ3) is 4.04. The number of amides is 2. The average molecular weight is 269 g/mol. The van der Waals surface area contributed by atoms with E-state index in [1.807, 2.05) is 13.0 Å². The Morgan fingerprint density at radius 3 is 2.72 bits per heavy atom. The van der Waals surface area contributed by atoms with E-state index in [1.165, 1.54) is 0 Å². The van der Waals surface area contributed by atoms with Crippen LogP contribution in [-0.4, -0.2) is 24.4 Å².